The molecule has 3 amide bonds. The van der Waals surface area contributed by atoms with E-state index in [1.54, 1.807) is 6.92 Å². The first-order valence-electron chi connectivity index (χ1n) is 6.15. The molecule has 0 saturated heterocycles. The van der Waals surface area contributed by atoms with Crippen molar-refractivity contribution in [1.29, 1.82) is 0 Å². The predicted molar refractivity (Wildman–Crippen MR) is 77.1 cm³/mol. The summed E-state index contributed by atoms with van der Waals surface area (Å²) in [5.41, 5.74) is 0.795. The van der Waals surface area contributed by atoms with Gasteiger partial charge in [0.2, 0.25) is 11.1 Å². The minimum absolute atomic E-state index is 0.415. The Morgan fingerprint density at radius 1 is 1.29 bits per heavy atom. The highest BCUT2D eigenvalue weighted by atomic mass is 32.2. The molecule has 2 rings (SSSR count). The molecule has 1 heterocycles. The fourth-order valence-corrected chi connectivity index (χ4v) is 2.28. The maximum atomic E-state index is 11.8. The standard InChI is InChI=1S/C12H14N6O2S/c1-8(10(19)14-11(20)13-2)21-12-15-16-17-18(12)9-6-4-3-5-7-9/h3-8H,1-2H3,(H2,13,14,19,20)/t8-/m1/s1. The van der Waals surface area contributed by atoms with Gasteiger partial charge in [-0.3, -0.25) is 10.1 Å². The number of carbonyl (C=O) groups is 2. The zero-order valence-corrected chi connectivity index (χ0v) is 12.3. The lowest BCUT2D eigenvalue weighted by Gasteiger charge is -2.10. The topological polar surface area (TPSA) is 102 Å². The summed E-state index contributed by atoms with van der Waals surface area (Å²) in [5, 5.41) is 15.9. The SMILES string of the molecule is CNC(=O)NC(=O)[C@@H](C)Sc1nnnn1-c1ccccc1. The molecule has 21 heavy (non-hydrogen) atoms. The average Bonchev–Trinajstić information content (AvgIpc) is 2.96. The van der Waals surface area contributed by atoms with Crippen molar-refractivity contribution in [2.45, 2.75) is 17.3 Å². The van der Waals surface area contributed by atoms with Crippen LogP contribution in [0.1, 0.15) is 6.92 Å². The lowest BCUT2D eigenvalue weighted by atomic mass is 10.3. The van der Waals surface area contributed by atoms with Crippen LogP contribution >= 0.6 is 11.8 Å². The largest absolute Gasteiger partial charge is 0.341 e. The molecule has 0 spiro atoms. The van der Waals surface area contributed by atoms with Crippen molar-refractivity contribution in [2.24, 2.45) is 0 Å². The van der Waals surface area contributed by atoms with E-state index >= 15 is 0 Å². The Bertz CT molecular complexity index is 630. The Morgan fingerprint density at radius 2 is 2.00 bits per heavy atom. The van der Waals surface area contributed by atoms with Crippen LogP contribution in [0.15, 0.2) is 35.5 Å². The van der Waals surface area contributed by atoms with Gasteiger partial charge in [-0.2, -0.15) is 4.68 Å². The summed E-state index contributed by atoms with van der Waals surface area (Å²) in [6.45, 7) is 1.67. The third-order valence-corrected chi connectivity index (χ3v) is 3.59. The number of para-hydroxylation sites is 1. The van der Waals surface area contributed by atoms with Crippen LogP contribution in [0.5, 0.6) is 0 Å². The molecule has 0 aliphatic carbocycles. The van der Waals surface area contributed by atoms with E-state index in [0.29, 0.717) is 5.16 Å². The van der Waals surface area contributed by atoms with Gasteiger partial charge in [0, 0.05) is 7.05 Å². The molecule has 110 valence electrons. The van der Waals surface area contributed by atoms with Gasteiger partial charge in [-0.25, -0.2) is 4.79 Å². The van der Waals surface area contributed by atoms with Gasteiger partial charge in [0.1, 0.15) is 0 Å². The molecule has 0 aliphatic heterocycles. The van der Waals surface area contributed by atoms with E-state index in [9.17, 15) is 9.59 Å². The highest BCUT2D eigenvalue weighted by Gasteiger charge is 2.20. The minimum atomic E-state index is -0.546. The second-order valence-corrected chi connectivity index (χ2v) is 5.35. The van der Waals surface area contributed by atoms with Gasteiger partial charge in [0.15, 0.2) is 0 Å². The zero-order valence-electron chi connectivity index (χ0n) is 11.5. The summed E-state index contributed by atoms with van der Waals surface area (Å²) in [7, 11) is 1.44. The van der Waals surface area contributed by atoms with E-state index in [-0.39, 0.29) is 0 Å². The summed E-state index contributed by atoms with van der Waals surface area (Å²) in [6.07, 6.45) is 0. The highest BCUT2D eigenvalue weighted by Crippen LogP contribution is 2.22. The fourth-order valence-electron chi connectivity index (χ4n) is 1.47. The summed E-state index contributed by atoms with van der Waals surface area (Å²) in [4.78, 5) is 22.9. The third kappa shape index (κ3) is 3.78. The first-order chi connectivity index (χ1) is 10.1. The molecule has 1 aromatic carbocycles. The zero-order chi connectivity index (χ0) is 15.2. The van der Waals surface area contributed by atoms with E-state index in [2.05, 4.69) is 26.2 Å². The van der Waals surface area contributed by atoms with Crippen LogP contribution < -0.4 is 10.6 Å². The van der Waals surface area contributed by atoms with E-state index in [1.165, 1.54) is 23.5 Å². The molecule has 2 aromatic rings. The second-order valence-electron chi connectivity index (χ2n) is 4.04. The molecule has 1 aromatic heterocycles. The van der Waals surface area contributed by atoms with Crippen LogP contribution in [0.2, 0.25) is 0 Å². The molecular formula is C12H14N6O2S. The highest BCUT2D eigenvalue weighted by molar-refractivity contribution is 8.00. The normalized spacial score (nSPS) is 11.7. The van der Waals surface area contributed by atoms with Gasteiger partial charge in [0.25, 0.3) is 0 Å². The number of benzene rings is 1. The van der Waals surface area contributed by atoms with Crippen molar-refractivity contribution in [2.75, 3.05) is 7.05 Å². The number of amides is 3. The lowest BCUT2D eigenvalue weighted by Crippen LogP contribution is -2.41. The number of thioether (sulfide) groups is 1. The Morgan fingerprint density at radius 3 is 2.67 bits per heavy atom. The molecule has 2 N–H and O–H groups in total. The van der Waals surface area contributed by atoms with Crippen molar-refractivity contribution in [1.82, 2.24) is 30.8 Å². The molecular weight excluding hydrogens is 292 g/mol. The number of rotatable bonds is 4. The summed E-state index contributed by atoms with van der Waals surface area (Å²) >= 11 is 1.17. The Hall–Kier alpha value is -2.42. The van der Waals surface area contributed by atoms with Gasteiger partial charge < -0.3 is 5.32 Å². The Kier molecular flexibility index (Phi) is 4.88. The van der Waals surface area contributed by atoms with Crippen LogP contribution in [0, 0.1) is 0 Å². The number of imide groups is 1. The summed E-state index contributed by atoms with van der Waals surface area (Å²) in [6, 6.07) is 8.79. The molecule has 0 radical (unpaired) electrons. The van der Waals surface area contributed by atoms with Crippen molar-refractivity contribution in [3.63, 3.8) is 0 Å². The van der Waals surface area contributed by atoms with Gasteiger partial charge >= 0.3 is 6.03 Å². The second kappa shape index (κ2) is 6.84. The number of carbonyl (C=O) groups excluding carboxylic acids is 2. The average molecular weight is 306 g/mol. The molecule has 0 unspecified atom stereocenters. The van der Waals surface area contributed by atoms with Crippen LogP contribution in [0.3, 0.4) is 0 Å². The number of nitrogens with zero attached hydrogens (tertiary/aromatic N) is 4. The first-order valence-corrected chi connectivity index (χ1v) is 7.03. The number of aromatic nitrogens is 4. The number of hydrogen-bond acceptors (Lipinski definition) is 6. The Balaban J connectivity index is 2.09. The van der Waals surface area contributed by atoms with Gasteiger partial charge in [-0.1, -0.05) is 30.0 Å². The number of tetrazole rings is 1. The maximum Gasteiger partial charge on any atom is 0.321 e. The number of urea groups is 1. The van der Waals surface area contributed by atoms with Crippen molar-refractivity contribution in [3.8, 4) is 5.69 Å². The minimum Gasteiger partial charge on any atom is -0.341 e. The van der Waals surface area contributed by atoms with Gasteiger partial charge in [-0.15, -0.1) is 5.10 Å². The lowest BCUT2D eigenvalue weighted by molar-refractivity contribution is -0.119. The fraction of sp³-hybridized carbons (Fsp3) is 0.250. The van der Waals surface area contributed by atoms with Crippen LogP contribution in [0.25, 0.3) is 5.69 Å². The predicted octanol–water partition coefficient (Wildman–Crippen LogP) is 0.598. The first kappa shape index (κ1) is 15.0. The number of hydrogen-bond donors (Lipinski definition) is 2. The smallest absolute Gasteiger partial charge is 0.321 e. The van der Waals surface area contributed by atoms with Crippen LogP contribution in [0.4, 0.5) is 4.79 Å². The van der Waals surface area contributed by atoms with Gasteiger partial charge in [0.05, 0.1) is 10.9 Å². The molecule has 0 saturated carbocycles. The van der Waals surface area contributed by atoms with Crippen LogP contribution in [-0.4, -0.2) is 44.4 Å². The number of nitrogens with one attached hydrogen (secondary N) is 2. The van der Waals surface area contributed by atoms with Crippen molar-refractivity contribution in [3.05, 3.63) is 30.3 Å². The molecule has 9 heteroatoms. The summed E-state index contributed by atoms with van der Waals surface area (Å²) < 4.78 is 1.54. The van der Waals surface area contributed by atoms with E-state index < -0.39 is 17.2 Å². The third-order valence-electron chi connectivity index (χ3n) is 2.56. The van der Waals surface area contributed by atoms with E-state index in [1.807, 2.05) is 30.3 Å². The van der Waals surface area contributed by atoms with Crippen molar-refractivity contribution >= 4 is 23.7 Å². The van der Waals surface area contributed by atoms with E-state index in [0.717, 1.165) is 5.69 Å². The molecule has 0 aliphatic rings. The molecule has 8 nitrogen and oxygen atoms in total. The monoisotopic (exact) mass is 306 g/mol. The maximum absolute atomic E-state index is 11.8. The van der Waals surface area contributed by atoms with Gasteiger partial charge in [-0.05, 0) is 29.5 Å². The quantitative estimate of drug-likeness (QED) is 0.802. The van der Waals surface area contributed by atoms with Crippen LogP contribution in [-0.2, 0) is 4.79 Å². The van der Waals surface area contributed by atoms with Crippen molar-refractivity contribution < 1.29 is 9.59 Å². The Labute approximate surface area is 125 Å². The summed E-state index contributed by atoms with van der Waals surface area (Å²) in [5.74, 6) is -0.415. The molecule has 0 bridgehead atoms. The molecule has 1 atom stereocenters. The van der Waals surface area contributed by atoms with E-state index in [4.69, 9.17) is 0 Å². The molecule has 0 fully saturated rings.